The fourth-order valence-corrected chi connectivity index (χ4v) is 3.40. The van der Waals surface area contributed by atoms with Crippen LogP contribution in [0.15, 0.2) is 0 Å². The van der Waals surface area contributed by atoms with Crippen molar-refractivity contribution < 1.29 is 34.2 Å². The van der Waals surface area contributed by atoms with Crippen LogP contribution in [0, 0.1) is 11.8 Å². The lowest BCUT2D eigenvalue weighted by Gasteiger charge is -2.32. The predicted molar refractivity (Wildman–Crippen MR) is 111 cm³/mol. The summed E-state index contributed by atoms with van der Waals surface area (Å²) in [4.78, 5) is 61.7. The highest BCUT2D eigenvalue weighted by Gasteiger charge is 2.40. The summed E-state index contributed by atoms with van der Waals surface area (Å²) in [6.07, 6.45) is 0.748. The molecular weight excluding hydrogens is 408 g/mol. The lowest BCUT2D eigenvalue weighted by atomic mass is 9.97. The molecule has 0 aromatic heterocycles. The summed E-state index contributed by atoms with van der Waals surface area (Å²) in [6, 6.07) is -4.21. The van der Waals surface area contributed by atoms with Gasteiger partial charge in [0.15, 0.2) is 0 Å². The summed E-state index contributed by atoms with van der Waals surface area (Å²) in [6.45, 7) is 7.54. The van der Waals surface area contributed by atoms with E-state index in [-0.39, 0.29) is 18.4 Å². The fraction of sp³-hybridized carbons (Fsp3) is 0.750. The van der Waals surface area contributed by atoms with Gasteiger partial charge in [-0.2, -0.15) is 0 Å². The second kappa shape index (κ2) is 11.6. The third-order valence-corrected chi connectivity index (χ3v) is 5.62. The summed E-state index contributed by atoms with van der Waals surface area (Å²) in [5.74, 6) is -4.83. The third kappa shape index (κ3) is 7.20. The molecule has 0 aliphatic carbocycles. The van der Waals surface area contributed by atoms with E-state index in [1.165, 1.54) is 4.90 Å². The van der Waals surface area contributed by atoms with E-state index in [1.807, 2.05) is 13.8 Å². The Balaban J connectivity index is 2.94. The molecule has 1 heterocycles. The lowest BCUT2D eigenvalue weighted by Crippen LogP contribution is -2.58. The number of aliphatic carboxylic acids is 2. The summed E-state index contributed by atoms with van der Waals surface area (Å²) in [5.41, 5.74) is 5.97. The van der Waals surface area contributed by atoms with Crippen molar-refractivity contribution >= 4 is 29.7 Å². The number of carbonyl (C=O) groups is 5. The van der Waals surface area contributed by atoms with Crippen molar-refractivity contribution in [2.45, 2.75) is 77.5 Å². The highest BCUT2D eigenvalue weighted by molar-refractivity contribution is 5.95. The van der Waals surface area contributed by atoms with Crippen molar-refractivity contribution in [1.29, 1.82) is 0 Å². The van der Waals surface area contributed by atoms with Crippen LogP contribution in [0.25, 0.3) is 0 Å². The van der Waals surface area contributed by atoms with E-state index >= 15 is 0 Å². The first-order valence-corrected chi connectivity index (χ1v) is 10.5. The number of carboxylic acid groups (broad SMARTS) is 2. The number of nitrogens with one attached hydrogen (secondary N) is 2. The molecule has 6 N–H and O–H groups in total. The van der Waals surface area contributed by atoms with Gasteiger partial charge in [0.1, 0.15) is 18.1 Å². The molecule has 3 amide bonds. The number of carboxylic acids is 2. The number of nitrogens with zero attached hydrogens (tertiary/aromatic N) is 1. The number of hydrogen-bond donors (Lipinski definition) is 5. The molecule has 5 atom stereocenters. The smallest absolute Gasteiger partial charge is 0.326 e. The number of rotatable bonds is 11. The zero-order valence-corrected chi connectivity index (χ0v) is 18.5. The van der Waals surface area contributed by atoms with E-state index < -0.39 is 60.2 Å². The molecule has 31 heavy (non-hydrogen) atoms. The van der Waals surface area contributed by atoms with Gasteiger partial charge in [-0.3, -0.25) is 19.2 Å². The average Bonchev–Trinajstić information content (AvgIpc) is 3.18. The Labute approximate surface area is 181 Å². The molecule has 0 bridgehead atoms. The molecule has 0 aromatic carbocycles. The van der Waals surface area contributed by atoms with Crippen LogP contribution in [-0.2, 0) is 24.0 Å². The zero-order valence-electron chi connectivity index (χ0n) is 18.5. The molecule has 0 aromatic rings. The molecule has 1 aliphatic heterocycles. The Hall–Kier alpha value is -2.69. The van der Waals surface area contributed by atoms with E-state index in [0.717, 1.165) is 0 Å². The van der Waals surface area contributed by atoms with E-state index in [9.17, 15) is 24.0 Å². The van der Waals surface area contributed by atoms with Crippen molar-refractivity contribution in [3.8, 4) is 0 Å². The molecule has 176 valence electrons. The highest BCUT2D eigenvalue weighted by Crippen LogP contribution is 2.21. The number of likely N-dealkylation sites (tertiary alicyclic amines) is 1. The Morgan fingerprint density at radius 2 is 1.71 bits per heavy atom. The van der Waals surface area contributed by atoms with Gasteiger partial charge in [-0.1, -0.05) is 34.1 Å². The lowest BCUT2D eigenvalue weighted by molar-refractivity contribution is -0.148. The third-order valence-electron chi connectivity index (χ3n) is 5.62. The van der Waals surface area contributed by atoms with Crippen LogP contribution in [-0.4, -0.2) is 75.5 Å². The van der Waals surface area contributed by atoms with Gasteiger partial charge < -0.3 is 31.5 Å². The Morgan fingerprint density at radius 3 is 2.19 bits per heavy atom. The van der Waals surface area contributed by atoms with Gasteiger partial charge in [0.25, 0.3) is 0 Å². The number of hydrogen-bond acceptors (Lipinski definition) is 6. The van der Waals surface area contributed by atoms with Crippen LogP contribution < -0.4 is 16.4 Å². The van der Waals surface area contributed by atoms with Crippen LogP contribution in [0.5, 0.6) is 0 Å². The second-order valence-electron chi connectivity index (χ2n) is 8.33. The summed E-state index contributed by atoms with van der Waals surface area (Å²) in [7, 11) is 0. The van der Waals surface area contributed by atoms with Crippen molar-refractivity contribution in [2.24, 2.45) is 17.6 Å². The first kappa shape index (κ1) is 26.3. The van der Waals surface area contributed by atoms with Crippen LogP contribution in [0.4, 0.5) is 0 Å². The van der Waals surface area contributed by atoms with Gasteiger partial charge in [0.2, 0.25) is 17.7 Å². The average molecular weight is 443 g/mol. The maximum Gasteiger partial charge on any atom is 0.326 e. The molecule has 0 spiro atoms. The summed E-state index contributed by atoms with van der Waals surface area (Å²) >= 11 is 0. The van der Waals surface area contributed by atoms with Gasteiger partial charge in [-0.25, -0.2) is 4.79 Å². The van der Waals surface area contributed by atoms with Crippen molar-refractivity contribution in [3.05, 3.63) is 0 Å². The predicted octanol–water partition coefficient (Wildman–Crippen LogP) is -0.464. The fourth-order valence-electron chi connectivity index (χ4n) is 3.40. The van der Waals surface area contributed by atoms with E-state index in [2.05, 4.69) is 10.6 Å². The van der Waals surface area contributed by atoms with Crippen LogP contribution in [0.1, 0.15) is 53.4 Å². The molecular formula is C20H34N4O7. The quantitative estimate of drug-likeness (QED) is 0.285. The molecule has 1 fully saturated rings. The van der Waals surface area contributed by atoms with Crippen LogP contribution in [0.3, 0.4) is 0 Å². The van der Waals surface area contributed by atoms with Crippen LogP contribution >= 0.6 is 0 Å². The van der Waals surface area contributed by atoms with Gasteiger partial charge in [-0.15, -0.1) is 0 Å². The number of carbonyl (C=O) groups excluding carboxylic acids is 3. The van der Waals surface area contributed by atoms with Gasteiger partial charge in [0, 0.05) is 6.54 Å². The molecule has 1 aliphatic rings. The van der Waals surface area contributed by atoms with Crippen molar-refractivity contribution in [2.75, 3.05) is 6.54 Å². The Morgan fingerprint density at radius 1 is 1.10 bits per heavy atom. The van der Waals surface area contributed by atoms with Crippen molar-refractivity contribution in [1.82, 2.24) is 15.5 Å². The minimum atomic E-state index is -1.60. The molecule has 1 saturated heterocycles. The zero-order chi connectivity index (χ0) is 23.9. The maximum absolute atomic E-state index is 13.2. The summed E-state index contributed by atoms with van der Waals surface area (Å²) in [5, 5.41) is 22.9. The highest BCUT2D eigenvalue weighted by atomic mass is 16.4. The minimum Gasteiger partial charge on any atom is -0.481 e. The Kier molecular flexibility index (Phi) is 9.89. The van der Waals surface area contributed by atoms with E-state index in [4.69, 9.17) is 15.9 Å². The van der Waals surface area contributed by atoms with Crippen molar-refractivity contribution in [3.63, 3.8) is 0 Å². The first-order valence-electron chi connectivity index (χ1n) is 10.5. The summed E-state index contributed by atoms with van der Waals surface area (Å²) < 4.78 is 0. The van der Waals surface area contributed by atoms with Gasteiger partial charge in [0.05, 0.1) is 12.5 Å². The SMILES string of the molecule is CCC(C)C(N)C(=O)NC(C(=O)N1CCCC1C(=O)NC(CC(=O)O)C(=O)O)C(C)C. The molecule has 0 saturated carbocycles. The van der Waals surface area contributed by atoms with Gasteiger partial charge >= 0.3 is 11.9 Å². The molecule has 5 unspecified atom stereocenters. The number of nitrogens with two attached hydrogens (primary N) is 1. The molecule has 11 nitrogen and oxygen atoms in total. The number of amides is 3. The maximum atomic E-state index is 13.2. The normalized spacial score (nSPS) is 19.9. The van der Waals surface area contributed by atoms with Crippen LogP contribution in [0.2, 0.25) is 0 Å². The standard InChI is InChI=1S/C20H34N4O7/c1-5-11(4)15(21)18(28)23-16(10(2)3)19(29)24-8-6-7-13(24)17(27)22-12(20(30)31)9-14(25)26/h10-13,15-16H,5-9,21H2,1-4H3,(H,22,27)(H,23,28)(H,25,26)(H,30,31). The molecule has 1 rings (SSSR count). The van der Waals surface area contributed by atoms with E-state index in [0.29, 0.717) is 19.3 Å². The topological polar surface area (TPSA) is 179 Å². The first-order chi connectivity index (χ1) is 14.4. The second-order valence-corrected chi connectivity index (χ2v) is 8.33. The Bertz CT molecular complexity index is 697. The minimum absolute atomic E-state index is 0.0737. The van der Waals surface area contributed by atoms with Gasteiger partial charge in [-0.05, 0) is 24.7 Å². The molecule has 0 radical (unpaired) electrons. The monoisotopic (exact) mass is 442 g/mol. The molecule has 11 heteroatoms. The van der Waals surface area contributed by atoms with E-state index in [1.54, 1.807) is 13.8 Å². The largest absolute Gasteiger partial charge is 0.481 e.